The fraction of sp³-hybridized carbons (Fsp3) is 0.600. The van der Waals surface area contributed by atoms with Gasteiger partial charge in [-0.2, -0.15) is 0 Å². The lowest BCUT2D eigenvalue weighted by Crippen LogP contribution is -2.42. The minimum atomic E-state index is -1.97. The molecule has 1 atom stereocenters. The van der Waals surface area contributed by atoms with Crippen LogP contribution in [0.4, 0.5) is 0 Å². The van der Waals surface area contributed by atoms with Crippen molar-refractivity contribution in [2.75, 3.05) is 14.2 Å². The van der Waals surface area contributed by atoms with E-state index in [9.17, 15) is 0 Å². The van der Waals surface area contributed by atoms with Crippen molar-refractivity contribution < 1.29 is 8.85 Å². The van der Waals surface area contributed by atoms with Crippen LogP contribution in [0.1, 0.15) is 6.92 Å². The third kappa shape index (κ3) is 2.10. The summed E-state index contributed by atoms with van der Waals surface area (Å²) in [6, 6.07) is 0. The molecule has 0 bridgehead atoms. The molecule has 2 nitrogen and oxygen atoms in total. The van der Waals surface area contributed by atoms with Gasteiger partial charge in [0.15, 0.2) is 0 Å². The van der Waals surface area contributed by atoms with Crippen molar-refractivity contribution >= 4 is 8.56 Å². The molecule has 0 aromatic heterocycles. The molecule has 0 aliphatic heterocycles. The van der Waals surface area contributed by atoms with Crippen LogP contribution in [-0.4, -0.2) is 22.8 Å². The molecule has 3 heteroatoms. The van der Waals surface area contributed by atoms with Crippen molar-refractivity contribution in [3.05, 3.63) is 24.3 Å². The van der Waals surface area contributed by atoms with Crippen LogP contribution >= 0.6 is 0 Å². The SMILES string of the molecule is CO[Si](C)(OC)C(C)C1C=CC=C1. The molecule has 0 heterocycles. The molecule has 1 aliphatic carbocycles. The van der Waals surface area contributed by atoms with Crippen molar-refractivity contribution in [1.82, 2.24) is 0 Å². The zero-order valence-corrected chi connectivity index (χ0v) is 9.78. The molecule has 0 aromatic rings. The second-order valence-electron chi connectivity index (χ2n) is 3.56. The van der Waals surface area contributed by atoms with E-state index in [1.165, 1.54) is 0 Å². The van der Waals surface area contributed by atoms with Crippen LogP contribution in [0, 0.1) is 5.92 Å². The van der Waals surface area contributed by atoms with Gasteiger partial charge in [-0.15, -0.1) is 0 Å². The van der Waals surface area contributed by atoms with Crippen LogP contribution in [0.5, 0.6) is 0 Å². The summed E-state index contributed by atoms with van der Waals surface area (Å²) in [6.07, 6.45) is 8.57. The van der Waals surface area contributed by atoms with Gasteiger partial charge in [0, 0.05) is 19.8 Å². The Bertz CT molecular complexity index is 207. The fourth-order valence-electron chi connectivity index (χ4n) is 1.59. The molecule has 1 unspecified atom stereocenters. The second-order valence-corrected chi connectivity index (χ2v) is 7.32. The molecular weight excluding hydrogens is 180 g/mol. The predicted molar refractivity (Wildman–Crippen MR) is 56.8 cm³/mol. The predicted octanol–water partition coefficient (Wildman–Crippen LogP) is 2.48. The fourth-order valence-corrected chi connectivity index (χ4v) is 3.42. The van der Waals surface area contributed by atoms with Gasteiger partial charge in [0.05, 0.1) is 0 Å². The molecule has 1 rings (SSSR count). The Morgan fingerprint density at radius 3 is 2.00 bits per heavy atom. The monoisotopic (exact) mass is 198 g/mol. The van der Waals surface area contributed by atoms with Crippen molar-refractivity contribution in [2.45, 2.75) is 19.0 Å². The second kappa shape index (κ2) is 4.22. The summed E-state index contributed by atoms with van der Waals surface area (Å²) in [4.78, 5) is 0. The molecule has 0 spiro atoms. The first-order valence-electron chi connectivity index (χ1n) is 4.59. The highest BCUT2D eigenvalue weighted by molar-refractivity contribution is 6.67. The summed E-state index contributed by atoms with van der Waals surface area (Å²) in [6.45, 7) is 4.31. The Morgan fingerprint density at radius 1 is 1.15 bits per heavy atom. The zero-order valence-electron chi connectivity index (χ0n) is 8.78. The topological polar surface area (TPSA) is 18.5 Å². The first kappa shape index (κ1) is 10.7. The van der Waals surface area contributed by atoms with Crippen LogP contribution in [0.3, 0.4) is 0 Å². The van der Waals surface area contributed by atoms with Crippen molar-refractivity contribution in [3.63, 3.8) is 0 Å². The van der Waals surface area contributed by atoms with E-state index in [2.05, 4.69) is 37.8 Å². The minimum absolute atomic E-state index is 0.456. The van der Waals surface area contributed by atoms with E-state index in [4.69, 9.17) is 8.85 Å². The Kier molecular flexibility index (Phi) is 3.47. The summed E-state index contributed by atoms with van der Waals surface area (Å²) in [7, 11) is 1.52. The van der Waals surface area contributed by atoms with Crippen LogP contribution in [0.2, 0.25) is 12.1 Å². The van der Waals surface area contributed by atoms with E-state index in [0.29, 0.717) is 11.5 Å². The number of hydrogen-bond acceptors (Lipinski definition) is 2. The maximum absolute atomic E-state index is 5.51. The van der Waals surface area contributed by atoms with Gasteiger partial charge in [0.1, 0.15) is 0 Å². The van der Waals surface area contributed by atoms with Gasteiger partial charge in [-0.25, -0.2) is 0 Å². The summed E-state index contributed by atoms with van der Waals surface area (Å²) in [5.41, 5.74) is 0.456. The van der Waals surface area contributed by atoms with Crippen molar-refractivity contribution in [2.24, 2.45) is 5.92 Å². The van der Waals surface area contributed by atoms with Gasteiger partial charge in [0.2, 0.25) is 0 Å². The van der Waals surface area contributed by atoms with Gasteiger partial charge in [-0.05, 0) is 12.5 Å². The third-order valence-electron chi connectivity index (χ3n) is 2.99. The molecule has 0 radical (unpaired) electrons. The van der Waals surface area contributed by atoms with E-state index in [1.807, 2.05) is 0 Å². The van der Waals surface area contributed by atoms with Crippen LogP contribution in [-0.2, 0) is 8.85 Å². The smallest absolute Gasteiger partial charge is 0.338 e. The van der Waals surface area contributed by atoms with Crippen LogP contribution in [0.15, 0.2) is 24.3 Å². The lowest BCUT2D eigenvalue weighted by molar-refractivity contribution is 0.234. The molecule has 0 amide bonds. The lowest BCUT2D eigenvalue weighted by atomic mass is 10.1. The van der Waals surface area contributed by atoms with Crippen molar-refractivity contribution in [3.8, 4) is 0 Å². The van der Waals surface area contributed by atoms with Crippen LogP contribution in [0.25, 0.3) is 0 Å². The molecule has 0 saturated carbocycles. The molecule has 74 valence electrons. The Morgan fingerprint density at radius 2 is 1.62 bits per heavy atom. The summed E-state index contributed by atoms with van der Waals surface area (Å²) in [5, 5.41) is 0. The lowest BCUT2D eigenvalue weighted by Gasteiger charge is -2.31. The average molecular weight is 198 g/mol. The number of rotatable bonds is 4. The molecular formula is C10H18O2Si. The largest absolute Gasteiger partial charge is 0.398 e. The first-order valence-corrected chi connectivity index (χ1v) is 6.98. The van der Waals surface area contributed by atoms with Crippen LogP contribution < -0.4 is 0 Å². The van der Waals surface area contributed by atoms with Gasteiger partial charge in [0.25, 0.3) is 0 Å². The average Bonchev–Trinajstić information content (AvgIpc) is 2.68. The standard InChI is InChI=1S/C10H18O2Si/c1-9(10-7-5-6-8-10)13(4,11-2)12-3/h5-10H,1-4H3. The van der Waals surface area contributed by atoms with E-state index in [1.54, 1.807) is 14.2 Å². The quantitative estimate of drug-likeness (QED) is 0.646. The van der Waals surface area contributed by atoms with E-state index in [-0.39, 0.29) is 0 Å². The Labute approximate surface area is 81.5 Å². The highest BCUT2D eigenvalue weighted by Crippen LogP contribution is 2.33. The maximum Gasteiger partial charge on any atom is 0.338 e. The van der Waals surface area contributed by atoms with Crippen molar-refractivity contribution in [1.29, 1.82) is 0 Å². The summed E-state index contributed by atoms with van der Waals surface area (Å²) in [5.74, 6) is 0.483. The number of allylic oxidation sites excluding steroid dienone is 4. The Hall–Kier alpha value is -0.383. The zero-order chi connectivity index (χ0) is 9.90. The highest BCUT2D eigenvalue weighted by Gasteiger charge is 2.39. The maximum atomic E-state index is 5.51. The van der Waals surface area contributed by atoms with Gasteiger partial charge < -0.3 is 8.85 Å². The van der Waals surface area contributed by atoms with Gasteiger partial charge >= 0.3 is 8.56 Å². The van der Waals surface area contributed by atoms with E-state index >= 15 is 0 Å². The van der Waals surface area contributed by atoms with E-state index in [0.717, 1.165) is 0 Å². The molecule has 1 aliphatic rings. The molecule has 0 aromatic carbocycles. The molecule has 0 saturated heterocycles. The van der Waals surface area contributed by atoms with E-state index < -0.39 is 8.56 Å². The molecule has 0 N–H and O–H groups in total. The number of hydrogen-bond donors (Lipinski definition) is 0. The summed E-state index contributed by atoms with van der Waals surface area (Å²) < 4.78 is 11.0. The minimum Gasteiger partial charge on any atom is -0.398 e. The normalized spacial score (nSPS) is 19.7. The molecule has 13 heavy (non-hydrogen) atoms. The first-order chi connectivity index (χ1) is 6.14. The van der Waals surface area contributed by atoms with Gasteiger partial charge in [-0.3, -0.25) is 0 Å². The molecule has 0 fully saturated rings. The Balaban J connectivity index is 2.69. The third-order valence-corrected chi connectivity index (χ3v) is 6.65. The highest BCUT2D eigenvalue weighted by atomic mass is 28.4. The summed E-state index contributed by atoms with van der Waals surface area (Å²) >= 11 is 0. The van der Waals surface area contributed by atoms with Gasteiger partial charge in [-0.1, -0.05) is 31.2 Å².